The Labute approximate surface area is 240 Å². The van der Waals surface area contributed by atoms with Crippen molar-refractivity contribution in [3.8, 4) is 11.5 Å². The van der Waals surface area contributed by atoms with E-state index >= 15 is 0 Å². The molecule has 0 amide bonds. The first-order valence-corrected chi connectivity index (χ1v) is 16.7. The molecule has 1 unspecified atom stereocenters. The number of hydrogen-bond acceptors (Lipinski definition) is 6. The van der Waals surface area contributed by atoms with Crippen molar-refractivity contribution in [1.29, 1.82) is 0 Å². The van der Waals surface area contributed by atoms with Crippen LogP contribution < -0.4 is 14.1 Å². The molecule has 1 atom stereocenters. The molecule has 0 aliphatic heterocycles. The number of nitrogens with zero attached hydrogens (tertiary/aromatic N) is 1. The predicted octanol–water partition coefficient (Wildman–Crippen LogP) is 9.64. The summed E-state index contributed by atoms with van der Waals surface area (Å²) in [6, 6.07) is 14.2. The van der Waals surface area contributed by atoms with Crippen molar-refractivity contribution in [2.45, 2.75) is 103 Å². The Balaban J connectivity index is 1.54. The van der Waals surface area contributed by atoms with E-state index in [4.69, 9.17) is 13.8 Å². The molecule has 0 saturated heterocycles. The van der Waals surface area contributed by atoms with E-state index in [1.165, 1.54) is 108 Å². The molecule has 2 aromatic rings. The summed E-state index contributed by atoms with van der Waals surface area (Å²) in [5, 5.41) is 13.8. The van der Waals surface area contributed by atoms with Gasteiger partial charge < -0.3 is 13.8 Å². The molecular weight excluding hydrogens is 527 g/mol. The van der Waals surface area contributed by atoms with Crippen molar-refractivity contribution < 1.29 is 23.3 Å². The molecule has 2 aromatic carbocycles. The van der Waals surface area contributed by atoms with Gasteiger partial charge in [-0.05, 0) is 37.1 Å². The lowest BCUT2D eigenvalue weighted by atomic mass is 10.0. The number of rotatable bonds is 25. The first-order valence-electron chi connectivity index (χ1n) is 15.1. The van der Waals surface area contributed by atoms with Crippen molar-refractivity contribution in [3.05, 3.63) is 64.7 Å². The topological polar surface area (TPSA) is 99.9 Å². The monoisotopic (exact) mass is 576 g/mol. The van der Waals surface area contributed by atoms with Crippen LogP contribution in [0.2, 0.25) is 0 Å². The summed E-state index contributed by atoms with van der Waals surface area (Å²) in [6.45, 7) is 3.92. The van der Waals surface area contributed by atoms with Crippen LogP contribution in [0.1, 0.15) is 103 Å². The van der Waals surface area contributed by atoms with Crippen LogP contribution in [0.25, 0.3) is 0 Å². The zero-order chi connectivity index (χ0) is 28.7. The van der Waals surface area contributed by atoms with Gasteiger partial charge in [0, 0.05) is 31.9 Å². The lowest BCUT2D eigenvalue weighted by Crippen LogP contribution is -2.21. The van der Waals surface area contributed by atoms with Gasteiger partial charge in [0.25, 0.3) is 5.69 Å². The molecule has 0 aliphatic rings. The summed E-state index contributed by atoms with van der Waals surface area (Å²) < 4.78 is 30.5. The van der Waals surface area contributed by atoms with Gasteiger partial charge >= 0.3 is 7.75 Å². The second-order valence-electron chi connectivity index (χ2n) is 10.2. The quantitative estimate of drug-likeness (QED) is 0.0543. The molecule has 0 aliphatic carbocycles. The first kappa shape index (κ1) is 33.8. The zero-order valence-corrected chi connectivity index (χ0v) is 25.2. The van der Waals surface area contributed by atoms with Crippen LogP contribution in [0.5, 0.6) is 11.5 Å². The Morgan fingerprint density at radius 2 is 1.15 bits per heavy atom. The van der Waals surface area contributed by atoms with Gasteiger partial charge in [-0.25, -0.2) is 9.65 Å². The Hall–Kier alpha value is -2.41. The van der Waals surface area contributed by atoms with Crippen molar-refractivity contribution in [3.63, 3.8) is 0 Å². The molecule has 0 spiro atoms. The highest BCUT2D eigenvalue weighted by Crippen LogP contribution is 2.44. The summed E-state index contributed by atoms with van der Waals surface area (Å²) in [5.74, 6) is 0.612. The van der Waals surface area contributed by atoms with E-state index in [0.717, 1.165) is 13.0 Å². The lowest BCUT2D eigenvalue weighted by Gasteiger charge is -2.20. The number of nitro groups is 1. The highest BCUT2D eigenvalue weighted by atomic mass is 31.2. The zero-order valence-electron chi connectivity index (χ0n) is 24.3. The number of benzene rings is 2. The summed E-state index contributed by atoms with van der Waals surface area (Å²) in [4.78, 5) is 10.4. The average Bonchev–Trinajstić information content (AvgIpc) is 2.95. The molecule has 2 rings (SSSR count). The van der Waals surface area contributed by atoms with Gasteiger partial charge in [-0.3, -0.25) is 10.1 Å². The Morgan fingerprint density at radius 1 is 0.675 bits per heavy atom. The Bertz CT molecular complexity index is 958. The Morgan fingerprint density at radius 3 is 1.68 bits per heavy atom. The maximum Gasteiger partial charge on any atom is 0.512 e. The van der Waals surface area contributed by atoms with E-state index in [0.29, 0.717) is 25.3 Å². The smallest absolute Gasteiger partial charge is 0.405 e. The third kappa shape index (κ3) is 16.0. The van der Waals surface area contributed by atoms with Crippen molar-refractivity contribution >= 4 is 13.4 Å². The predicted molar refractivity (Wildman–Crippen MR) is 162 cm³/mol. The van der Waals surface area contributed by atoms with Crippen LogP contribution in [-0.2, 0) is 9.30 Å². The number of ether oxygens (including phenoxy) is 1. The molecule has 0 saturated carbocycles. The molecule has 0 heterocycles. The van der Waals surface area contributed by atoms with Crippen LogP contribution in [-0.4, -0.2) is 24.7 Å². The Kier molecular flexibility index (Phi) is 18.0. The van der Waals surface area contributed by atoms with Gasteiger partial charge in [0.05, 0.1) is 4.92 Å². The van der Waals surface area contributed by atoms with E-state index in [2.05, 4.69) is 12.0 Å². The van der Waals surface area contributed by atoms with E-state index in [1.54, 1.807) is 24.3 Å². The largest absolute Gasteiger partial charge is 0.512 e. The van der Waals surface area contributed by atoms with Gasteiger partial charge in [0.1, 0.15) is 11.5 Å². The van der Waals surface area contributed by atoms with Crippen LogP contribution >= 0.6 is 7.75 Å². The van der Waals surface area contributed by atoms with E-state index in [1.807, 2.05) is 6.07 Å². The van der Waals surface area contributed by atoms with Crippen LogP contribution in [0, 0.1) is 10.1 Å². The molecule has 0 radical (unpaired) electrons. The molecule has 0 fully saturated rings. The molecule has 0 aromatic heterocycles. The second-order valence-corrected chi connectivity index (χ2v) is 11.9. The maximum atomic E-state index is 13.4. The molecule has 0 bridgehead atoms. The van der Waals surface area contributed by atoms with E-state index < -0.39 is 12.7 Å². The summed E-state index contributed by atoms with van der Waals surface area (Å²) in [6.07, 6.45) is 19.3. The van der Waals surface area contributed by atoms with Gasteiger partial charge in [-0.2, -0.15) is 0 Å². The van der Waals surface area contributed by atoms with Crippen LogP contribution in [0.15, 0.2) is 54.6 Å². The summed E-state index contributed by atoms with van der Waals surface area (Å²) >= 11 is 0. The highest BCUT2D eigenvalue weighted by Gasteiger charge is 2.28. The first-order chi connectivity index (χ1) is 19.5. The van der Waals surface area contributed by atoms with Crippen LogP contribution in [0.4, 0.5) is 5.69 Å². The minimum absolute atomic E-state index is 0.0740. The third-order valence-corrected chi connectivity index (χ3v) is 8.17. The summed E-state index contributed by atoms with van der Waals surface area (Å²) in [5.41, 5.74) is -0.0740. The van der Waals surface area contributed by atoms with E-state index in [9.17, 15) is 14.7 Å². The normalized spacial score (nSPS) is 12.6. The van der Waals surface area contributed by atoms with Gasteiger partial charge in [0.15, 0.2) is 0 Å². The molecule has 40 heavy (non-hydrogen) atoms. The third-order valence-electron chi connectivity index (χ3n) is 6.66. The van der Waals surface area contributed by atoms with Gasteiger partial charge in [0.2, 0.25) is 0 Å². The SMILES string of the molecule is CCCCCCCCCCCCCCCCOCCCNP(=O)(Oc1ccccc1)Oc1ccc([N+](=O)[O-])cc1. The van der Waals surface area contributed by atoms with Crippen molar-refractivity contribution in [2.75, 3.05) is 19.8 Å². The number of non-ortho nitro benzene ring substituents is 1. The molecule has 1 N–H and O–H groups in total. The average molecular weight is 577 g/mol. The summed E-state index contributed by atoms with van der Waals surface area (Å²) in [7, 11) is -3.77. The number of nitrogens with one attached hydrogen (secondary N) is 1. The number of nitro benzene ring substituents is 1. The minimum atomic E-state index is -3.77. The minimum Gasteiger partial charge on any atom is -0.405 e. The van der Waals surface area contributed by atoms with Crippen molar-refractivity contribution in [1.82, 2.24) is 5.09 Å². The van der Waals surface area contributed by atoms with Crippen molar-refractivity contribution in [2.24, 2.45) is 0 Å². The fourth-order valence-corrected chi connectivity index (χ4v) is 5.76. The van der Waals surface area contributed by atoms with Crippen LogP contribution in [0.3, 0.4) is 0 Å². The fourth-order valence-electron chi connectivity index (χ4n) is 4.36. The second kappa shape index (κ2) is 21.4. The maximum absolute atomic E-state index is 13.4. The standard InChI is InChI=1S/C31H49N2O6P/c1-2-3-4-5-6-7-8-9-10-11-12-13-14-18-27-37-28-19-26-32-40(36,38-30-20-16-15-17-21-30)39-31-24-22-29(23-25-31)33(34)35/h15-17,20-25H,2-14,18-19,26-28H2,1H3,(H,32,36). The number of para-hydroxylation sites is 1. The molecular formula is C31H49N2O6P. The highest BCUT2D eigenvalue weighted by molar-refractivity contribution is 7.52. The number of unbranched alkanes of at least 4 members (excludes halogenated alkanes) is 13. The van der Waals surface area contributed by atoms with Gasteiger partial charge in [-0.1, -0.05) is 109 Å². The fraction of sp³-hybridized carbons (Fsp3) is 0.613. The van der Waals surface area contributed by atoms with E-state index in [-0.39, 0.29) is 11.4 Å². The number of hydrogen-bond donors (Lipinski definition) is 1. The molecule has 9 heteroatoms. The van der Waals surface area contributed by atoms with Gasteiger partial charge in [-0.15, -0.1) is 0 Å². The molecule has 224 valence electrons. The lowest BCUT2D eigenvalue weighted by molar-refractivity contribution is -0.384. The molecule has 8 nitrogen and oxygen atoms in total.